The Morgan fingerprint density at radius 1 is 1.11 bits per heavy atom. The van der Waals surface area contributed by atoms with Gasteiger partial charge in [0.25, 0.3) is 0 Å². The lowest BCUT2D eigenvalue weighted by Crippen LogP contribution is -2.07. The maximum absolute atomic E-state index is 10.4. The fourth-order valence-electron chi connectivity index (χ4n) is 2.05. The van der Waals surface area contributed by atoms with Crippen molar-refractivity contribution >= 4 is 11.0 Å². The zero-order valence-corrected chi connectivity index (χ0v) is 9.85. The highest BCUT2D eigenvalue weighted by Crippen LogP contribution is 2.26. The Morgan fingerprint density at radius 3 is 2.72 bits per heavy atom. The van der Waals surface area contributed by atoms with E-state index < -0.39 is 6.10 Å². The molecule has 2 heterocycles. The number of para-hydroxylation sites is 1. The number of benzene rings is 1. The third-order valence-corrected chi connectivity index (χ3v) is 2.96. The molecule has 18 heavy (non-hydrogen) atoms. The second-order valence-corrected chi connectivity index (χ2v) is 4.05. The second kappa shape index (κ2) is 4.19. The summed E-state index contributed by atoms with van der Waals surface area (Å²) in [5.41, 5.74) is 2.96. The highest BCUT2D eigenvalue weighted by atomic mass is 16.3. The Labute approximate surface area is 104 Å². The maximum atomic E-state index is 10.4. The third-order valence-electron chi connectivity index (χ3n) is 2.96. The van der Waals surface area contributed by atoms with Crippen LogP contribution in [0.2, 0.25) is 0 Å². The monoisotopic (exact) mass is 240 g/mol. The van der Waals surface area contributed by atoms with Crippen molar-refractivity contribution in [3.05, 3.63) is 54.1 Å². The first-order valence-corrected chi connectivity index (χ1v) is 5.63. The van der Waals surface area contributed by atoms with E-state index in [0.717, 1.165) is 16.8 Å². The lowest BCUT2D eigenvalue weighted by atomic mass is 10.0. The first kappa shape index (κ1) is 10.9. The van der Waals surface area contributed by atoms with Crippen LogP contribution in [0.15, 0.2) is 42.9 Å². The van der Waals surface area contributed by atoms with Crippen LogP contribution >= 0.6 is 0 Å². The van der Waals surface area contributed by atoms with Crippen LogP contribution in [0.4, 0.5) is 0 Å². The van der Waals surface area contributed by atoms with Gasteiger partial charge in [0.2, 0.25) is 0 Å². The Bertz CT molecular complexity index is 687. The molecule has 5 nitrogen and oxygen atoms in total. The summed E-state index contributed by atoms with van der Waals surface area (Å²) in [5.74, 6) is 0. The van der Waals surface area contributed by atoms with Crippen LogP contribution in [0.25, 0.3) is 11.0 Å². The molecular formula is C13H12N4O. The molecule has 3 aromatic rings. The van der Waals surface area contributed by atoms with Crippen molar-refractivity contribution in [3.8, 4) is 0 Å². The summed E-state index contributed by atoms with van der Waals surface area (Å²) in [6, 6.07) is 7.39. The van der Waals surface area contributed by atoms with Crippen molar-refractivity contribution in [2.24, 2.45) is 7.05 Å². The molecule has 1 N–H and O–H groups in total. The summed E-state index contributed by atoms with van der Waals surface area (Å²) in [6.45, 7) is 0. The Hall–Kier alpha value is -2.27. The molecule has 0 aliphatic rings. The minimum Gasteiger partial charge on any atom is -0.382 e. The summed E-state index contributed by atoms with van der Waals surface area (Å²) < 4.78 is 1.65. The molecule has 0 amide bonds. The molecule has 3 rings (SSSR count). The molecule has 1 unspecified atom stereocenters. The Kier molecular flexibility index (Phi) is 2.53. The quantitative estimate of drug-likeness (QED) is 0.736. The average Bonchev–Trinajstić information content (AvgIpc) is 2.83. The van der Waals surface area contributed by atoms with Crippen molar-refractivity contribution in [1.82, 2.24) is 19.7 Å². The van der Waals surface area contributed by atoms with Crippen LogP contribution in [0.1, 0.15) is 17.4 Å². The second-order valence-electron chi connectivity index (χ2n) is 4.05. The van der Waals surface area contributed by atoms with Crippen LogP contribution in [0.3, 0.4) is 0 Å². The molecule has 0 saturated heterocycles. The molecule has 0 fully saturated rings. The first-order valence-electron chi connectivity index (χ1n) is 5.63. The number of aliphatic hydroxyl groups is 1. The van der Waals surface area contributed by atoms with E-state index in [9.17, 15) is 5.11 Å². The Morgan fingerprint density at radius 2 is 1.94 bits per heavy atom. The number of hydrogen-bond acceptors (Lipinski definition) is 4. The van der Waals surface area contributed by atoms with Crippen LogP contribution in [-0.4, -0.2) is 24.9 Å². The van der Waals surface area contributed by atoms with Gasteiger partial charge in [0, 0.05) is 31.2 Å². The molecule has 90 valence electrons. The third kappa shape index (κ3) is 1.65. The van der Waals surface area contributed by atoms with Gasteiger partial charge in [-0.2, -0.15) is 5.10 Å². The predicted octanol–water partition coefficient (Wildman–Crippen LogP) is 1.44. The van der Waals surface area contributed by atoms with E-state index in [1.165, 1.54) is 0 Å². The van der Waals surface area contributed by atoms with Gasteiger partial charge in [-0.15, -0.1) is 0 Å². The van der Waals surface area contributed by atoms with Crippen molar-refractivity contribution in [1.29, 1.82) is 0 Å². The predicted molar refractivity (Wildman–Crippen MR) is 66.8 cm³/mol. The average molecular weight is 240 g/mol. The van der Waals surface area contributed by atoms with E-state index in [1.807, 2.05) is 18.2 Å². The number of aliphatic hydroxyl groups excluding tert-OH is 1. The summed E-state index contributed by atoms with van der Waals surface area (Å²) in [5, 5.41) is 14.5. The van der Waals surface area contributed by atoms with Crippen LogP contribution in [-0.2, 0) is 7.05 Å². The number of hydrogen-bond donors (Lipinski definition) is 1. The molecule has 5 heteroatoms. The molecule has 1 aromatic carbocycles. The summed E-state index contributed by atoms with van der Waals surface area (Å²) in [6.07, 6.45) is 4.18. The summed E-state index contributed by atoms with van der Waals surface area (Å²) in [7, 11) is 1.80. The lowest BCUT2D eigenvalue weighted by molar-refractivity contribution is 0.211. The van der Waals surface area contributed by atoms with Crippen molar-refractivity contribution < 1.29 is 5.11 Å². The van der Waals surface area contributed by atoms with Gasteiger partial charge in [-0.1, -0.05) is 12.1 Å². The van der Waals surface area contributed by atoms with Crippen LogP contribution < -0.4 is 0 Å². The van der Waals surface area contributed by atoms with Crippen molar-refractivity contribution in [2.45, 2.75) is 6.10 Å². The van der Waals surface area contributed by atoms with Crippen molar-refractivity contribution in [2.75, 3.05) is 0 Å². The van der Waals surface area contributed by atoms with E-state index in [4.69, 9.17) is 0 Å². The number of rotatable bonds is 2. The molecular weight excluding hydrogens is 228 g/mol. The van der Waals surface area contributed by atoms with Gasteiger partial charge in [-0.05, 0) is 12.1 Å². The smallest absolute Gasteiger partial charge is 0.123 e. The minimum absolute atomic E-state index is 0.716. The van der Waals surface area contributed by atoms with Crippen molar-refractivity contribution in [3.63, 3.8) is 0 Å². The summed E-state index contributed by atoms with van der Waals surface area (Å²) in [4.78, 5) is 8.52. The van der Waals surface area contributed by atoms with Gasteiger partial charge in [-0.25, -0.2) is 0 Å². The highest BCUT2D eigenvalue weighted by Gasteiger charge is 2.17. The number of aromatic nitrogens is 4. The molecule has 0 aliphatic carbocycles. The maximum Gasteiger partial charge on any atom is 0.123 e. The van der Waals surface area contributed by atoms with Gasteiger partial charge < -0.3 is 5.11 Å². The highest BCUT2D eigenvalue weighted by molar-refractivity contribution is 5.78. The fourth-order valence-corrected chi connectivity index (χ4v) is 2.05. The molecule has 1 atom stereocenters. The largest absolute Gasteiger partial charge is 0.382 e. The zero-order chi connectivity index (χ0) is 12.5. The lowest BCUT2D eigenvalue weighted by Gasteiger charge is -2.12. The van der Waals surface area contributed by atoms with Crippen LogP contribution in [0.5, 0.6) is 0 Å². The fraction of sp³-hybridized carbons (Fsp3) is 0.154. The van der Waals surface area contributed by atoms with Crippen LogP contribution in [0, 0.1) is 0 Å². The molecule has 0 spiro atoms. The van der Waals surface area contributed by atoms with E-state index in [2.05, 4.69) is 15.1 Å². The topological polar surface area (TPSA) is 63.8 Å². The standard InChI is InChI=1S/C13H12N4O/c1-17-11(5-6-16-17)13(18)9-3-2-4-10-12(9)15-8-7-14-10/h2-8,13,18H,1H3. The Balaban J connectivity index is 2.18. The molecule has 0 bridgehead atoms. The zero-order valence-electron chi connectivity index (χ0n) is 9.85. The normalized spacial score (nSPS) is 12.8. The number of fused-ring (bicyclic) bond motifs is 1. The van der Waals surface area contributed by atoms with Gasteiger partial charge in [-0.3, -0.25) is 14.6 Å². The van der Waals surface area contributed by atoms with E-state index in [-0.39, 0.29) is 0 Å². The first-order chi connectivity index (χ1) is 8.77. The molecule has 0 aliphatic heterocycles. The van der Waals surface area contributed by atoms with Gasteiger partial charge in [0.15, 0.2) is 0 Å². The molecule has 2 aromatic heterocycles. The van der Waals surface area contributed by atoms with E-state index in [1.54, 1.807) is 36.4 Å². The SMILES string of the molecule is Cn1nccc1C(O)c1cccc2nccnc12. The van der Waals surface area contributed by atoms with E-state index in [0.29, 0.717) is 5.52 Å². The van der Waals surface area contributed by atoms with Gasteiger partial charge in [0.05, 0.1) is 16.7 Å². The number of nitrogens with zero attached hydrogens (tertiary/aromatic N) is 4. The van der Waals surface area contributed by atoms with E-state index >= 15 is 0 Å². The number of aryl methyl sites for hydroxylation is 1. The van der Waals surface area contributed by atoms with Gasteiger partial charge in [0.1, 0.15) is 6.10 Å². The molecule has 0 radical (unpaired) electrons. The van der Waals surface area contributed by atoms with Gasteiger partial charge >= 0.3 is 0 Å². The molecule has 0 saturated carbocycles. The minimum atomic E-state index is -0.752. The summed E-state index contributed by atoms with van der Waals surface area (Å²) >= 11 is 0.